The molecule has 2 heterocycles. The van der Waals surface area contributed by atoms with Crippen LogP contribution in [0.25, 0.3) is 0 Å². The van der Waals surface area contributed by atoms with Gasteiger partial charge in [-0.2, -0.15) is 0 Å². The first-order valence-corrected chi connectivity index (χ1v) is 5.54. The van der Waals surface area contributed by atoms with Crippen LogP contribution in [0, 0.1) is 10.1 Å². The molecule has 0 saturated carbocycles. The third-order valence-corrected chi connectivity index (χ3v) is 2.43. The Morgan fingerprint density at radius 1 is 1.25 bits per heavy atom. The van der Waals surface area contributed by atoms with E-state index in [1.165, 1.54) is 16.9 Å². The van der Waals surface area contributed by atoms with Crippen molar-refractivity contribution in [2.75, 3.05) is 19.0 Å². The van der Waals surface area contributed by atoms with Crippen LogP contribution in [-0.4, -0.2) is 24.0 Å². The summed E-state index contributed by atoms with van der Waals surface area (Å²) >= 11 is 0. The van der Waals surface area contributed by atoms with Gasteiger partial charge in [0.25, 0.3) is 11.6 Å². The van der Waals surface area contributed by atoms with Crippen LogP contribution in [0.3, 0.4) is 0 Å². The fraction of sp³-hybridized carbons (Fsp3) is 0.167. The number of nitro groups is 1. The number of hydrogen-bond acceptors (Lipinski definition) is 5. The molecule has 0 aliphatic carbocycles. The van der Waals surface area contributed by atoms with Crippen LogP contribution in [0.15, 0.2) is 42.9 Å². The molecule has 0 radical (unpaired) electrons. The number of anilines is 1. The number of hydrogen-bond donors (Lipinski definition) is 0. The maximum absolute atomic E-state index is 10.5. The second-order valence-corrected chi connectivity index (χ2v) is 4.01. The third-order valence-electron chi connectivity index (χ3n) is 2.43. The van der Waals surface area contributed by atoms with Gasteiger partial charge in [0.15, 0.2) is 0 Å². The molecule has 8 heteroatoms. The molecule has 20 heavy (non-hydrogen) atoms. The Balaban J connectivity index is 0.00000200. The molecule has 0 saturated heterocycles. The van der Waals surface area contributed by atoms with E-state index in [-0.39, 0.29) is 24.0 Å². The van der Waals surface area contributed by atoms with Crippen LogP contribution in [0.4, 0.5) is 11.4 Å². The van der Waals surface area contributed by atoms with E-state index in [2.05, 4.69) is 4.98 Å². The van der Waals surface area contributed by atoms with Crippen molar-refractivity contribution in [2.24, 2.45) is 0 Å². The molecular weight excluding hydrogens is 284 g/mol. The highest BCUT2D eigenvalue weighted by molar-refractivity contribution is 5.41. The largest absolute Gasteiger partial charge is 1.00 e. The first kappa shape index (κ1) is 15.6. The second kappa shape index (κ2) is 6.67. The Hall–Kier alpha value is -2.41. The van der Waals surface area contributed by atoms with E-state index in [4.69, 9.17) is 4.84 Å². The van der Waals surface area contributed by atoms with E-state index in [1.54, 1.807) is 12.4 Å². The van der Waals surface area contributed by atoms with E-state index in [1.807, 2.05) is 31.1 Å². The van der Waals surface area contributed by atoms with Crippen LogP contribution in [0.5, 0.6) is 5.88 Å². The van der Waals surface area contributed by atoms with Gasteiger partial charge in [0.2, 0.25) is 12.4 Å². The molecule has 0 bridgehead atoms. The van der Waals surface area contributed by atoms with Crippen LogP contribution >= 0.6 is 0 Å². The standard InChI is InChI=1S/C12H13N4O3.ClH/c1-14(2)10-5-7-15(8-6-10)19-12-4-3-11(9-13-12)16(17)18;/h3-9H,1-2H3;1H/q+1;/p-1. The van der Waals surface area contributed by atoms with E-state index in [9.17, 15) is 10.1 Å². The van der Waals surface area contributed by atoms with Gasteiger partial charge in [-0.15, -0.1) is 0 Å². The average Bonchev–Trinajstić information content (AvgIpc) is 2.40. The Kier molecular flexibility index (Phi) is 5.22. The predicted octanol–water partition coefficient (Wildman–Crippen LogP) is -1.81. The van der Waals surface area contributed by atoms with E-state index < -0.39 is 4.92 Å². The van der Waals surface area contributed by atoms with Gasteiger partial charge in [-0.25, -0.2) is 9.82 Å². The van der Waals surface area contributed by atoms with Gasteiger partial charge in [-0.3, -0.25) is 10.1 Å². The lowest BCUT2D eigenvalue weighted by Crippen LogP contribution is -3.00. The average molecular weight is 297 g/mol. The van der Waals surface area contributed by atoms with Gasteiger partial charge < -0.3 is 17.3 Å². The summed E-state index contributed by atoms with van der Waals surface area (Å²) in [6, 6.07) is 6.55. The maximum atomic E-state index is 10.5. The van der Waals surface area contributed by atoms with Crippen molar-refractivity contribution in [1.29, 1.82) is 0 Å². The molecule has 0 spiro atoms. The van der Waals surface area contributed by atoms with Crippen molar-refractivity contribution >= 4 is 11.4 Å². The first-order chi connectivity index (χ1) is 9.06. The molecule has 106 valence electrons. The van der Waals surface area contributed by atoms with Crippen molar-refractivity contribution < 1.29 is 26.9 Å². The molecule has 0 unspecified atom stereocenters. The van der Waals surface area contributed by atoms with Crippen LogP contribution in [-0.2, 0) is 0 Å². The zero-order valence-electron chi connectivity index (χ0n) is 10.9. The topological polar surface area (TPSA) is 72.4 Å². The van der Waals surface area contributed by atoms with Crippen molar-refractivity contribution in [3.8, 4) is 5.88 Å². The van der Waals surface area contributed by atoms with E-state index in [0.29, 0.717) is 0 Å². The lowest BCUT2D eigenvalue weighted by atomic mass is 10.4. The van der Waals surface area contributed by atoms with Gasteiger partial charge in [0.1, 0.15) is 6.20 Å². The number of pyridine rings is 2. The lowest BCUT2D eigenvalue weighted by Gasteiger charge is -2.09. The molecule has 0 N–H and O–H groups in total. The van der Waals surface area contributed by atoms with Crippen molar-refractivity contribution in [3.05, 3.63) is 53.0 Å². The summed E-state index contributed by atoms with van der Waals surface area (Å²) in [5, 5.41) is 10.5. The molecule has 2 aromatic heterocycles. The minimum absolute atomic E-state index is 0. The second-order valence-electron chi connectivity index (χ2n) is 4.01. The fourth-order valence-corrected chi connectivity index (χ4v) is 1.41. The smallest absolute Gasteiger partial charge is 0.295 e. The molecule has 0 atom stereocenters. The molecule has 2 rings (SSSR count). The fourth-order valence-electron chi connectivity index (χ4n) is 1.41. The number of halogens is 1. The monoisotopic (exact) mass is 296 g/mol. The highest BCUT2D eigenvalue weighted by Gasteiger charge is 2.10. The first-order valence-electron chi connectivity index (χ1n) is 5.54. The predicted molar refractivity (Wildman–Crippen MR) is 67.9 cm³/mol. The Morgan fingerprint density at radius 2 is 1.90 bits per heavy atom. The summed E-state index contributed by atoms with van der Waals surface area (Å²) in [6.45, 7) is 0. The summed E-state index contributed by atoms with van der Waals surface area (Å²) < 4.78 is 1.47. The minimum Gasteiger partial charge on any atom is -1.00 e. The zero-order valence-corrected chi connectivity index (χ0v) is 11.7. The van der Waals surface area contributed by atoms with Crippen LogP contribution in [0.2, 0.25) is 0 Å². The Bertz CT molecular complexity index is 572. The van der Waals surface area contributed by atoms with Crippen molar-refractivity contribution in [2.45, 2.75) is 0 Å². The molecular formula is C12H13ClN4O3. The summed E-state index contributed by atoms with van der Waals surface area (Å²) in [4.78, 5) is 21.2. The molecule has 2 aromatic rings. The highest BCUT2D eigenvalue weighted by Crippen LogP contribution is 2.13. The number of aromatic nitrogens is 2. The summed E-state index contributed by atoms with van der Waals surface area (Å²) in [5.41, 5.74) is 0.969. The van der Waals surface area contributed by atoms with Crippen LogP contribution in [0.1, 0.15) is 0 Å². The molecule has 7 nitrogen and oxygen atoms in total. The van der Waals surface area contributed by atoms with Gasteiger partial charge >= 0.3 is 0 Å². The molecule has 0 amide bonds. The van der Waals surface area contributed by atoms with Crippen molar-refractivity contribution in [1.82, 2.24) is 4.98 Å². The van der Waals surface area contributed by atoms with Gasteiger partial charge in [0.05, 0.1) is 4.92 Å². The Morgan fingerprint density at radius 3 is 2.35 bits per heavy atom. The Labute approximate surface area is 122 Å². The molecule has 0 aliphatic heterocycles. The number of nitrogens with zero attached hydrogens (tertiary/aromatic N) is 4. The molecule has 0 fully saturated rings. The summed E-state index contributed by atoms with van der Waals surface area (Å²) in [7, 11) is 3.89. The van der Waals surface area contributed by atoms with Crippen molar-refractivity contribution in [3.63, 3.8) is 0 Å². The SMILES string of the molecule is CN(C)c1cc[n+](Oc2ccc([N+](=O)[O-])cn2)cc1.[Cl-]. The van der Waals surface area contributed by atoms with E-state index >= 15 is 0 Å². The third kappa shape index (κ3) is 3.79. The normalized spacial score (nSPS) is 9.50. The summed E-state index contributed by atoms with van der Waals surface area (Å²) in [5.74, 6) is 0.285. The minimum atomic E-state index is -0.504. The summed E-state index contributed by atoms with van der Waals surface area (Å²) in [6.07, 6.45) is 4.63. The van der Waals surface area contributed by atoms with E-state index in [0.717, 1.165) is 11.9 Å². The molecule has 0 aromatic carbocycles. The van der Waals surface area contributed by atoms with Gasteiger partial charge in [-0.1, -0.05) is 0 Å². The molecule has 0 aliphatic rings. The lowest BCUT2D eigenvalue weighted by molar-refractivity contribution is -0.875. The zero-order chi connectivity index (χ0) is 13.8. The quantitative estimate of drug-likeness (QED) is 0.378. The highest BCUT2D eigenvalue weighted by atomic mass is 35.5. The maximum Gasteiger partial charge on any atom is 0.295 e. The number of rotatable bonds is 4. The van der Waals surface area contributed by atoms with Gasteiger partial charge in [-0.05, 0) is 0 Å². The van der Waals surface area contributed by atoms with Gasteiger partial charge in [0, 0.05) is 48.8 Å². The van der Waals surface area contributed by atoms with Crippen LogP contribution < -0.4 is 26.9 Å².